The number of ether oxygens (including phenoxy) is 2. The summed E-state index contributed by atoms with van der Waals surface area (Å²) in [4.78, 5) is 12.6. The van der Waals surface area contributed by atoms with Crippen LogP contribution in [0.4, 0.5) is 0 Å². The fraction of sp³-hybridized carbons (Fsp3) is 0.250. The second kappa shape index (κ2) is 9.91. The highest BCUT2D eigenvalue weighted by molar-refractivity contribution is 7.89. The van der Waals surface area contributed by atoms with E-state index >= 15 is 0 Å². The number of benzene rings is 2. The lowest BCUT2D eigenvalue weighted by Gasteiger charge is -2.13. The van der Waals surface area contributed by atoms with Crippen LogP contribution in [0.2, 0.25) is 0 Å². The molecule has 0 aliphatic heterocycles. The fourth-order valence-electron chi connectivity index (χ4n) is 2.57. The van der Waals surface area contributed by atoms with Gasteiger partial charge in [0.15, 0.2) is 11.5 Å². The maximum atomic E-state index is 12.5. The van der Waals surface area contributed by atoms with Crippen LogP contribution in [0, 0.1) is 0 Å². The molecule has 2 aromatic rings. The van der Waals surface area contributed by atoms with E-state index in [0.29, 0.717) is 22.6 Å². The van der Waals surface area contributed by atoms with E-state index in [2.05, 4.69) is 10.0 Å². The van der Waals surface area contributed by atoms with Crippen LogP contribution in [0.5, 0.6) is 11.5 Å². The summed E-state index contributed by atoms with van der Waals surface area (Å²) in [5.41, 5.74) is 1.09. The molecular formula is C20H24N2O5S. The van der Waals surface area contributed by atoms with Gasteiger partial charge in [-0.2, -0.15) is 0 Å². The molecule has 8 heteroatoms. The zero-order valence-corrected chi connectivity index (χ0v) is 16.9. The summed E-state index contributed by atoms with van der Waals surface area (Å²) in [5.74, 6) is 0.631. The molecule has 0 aromatic heterocycles. The fourth-order valence-corrected chi connectivity index (χ4v) is 3.63. The highest BCUT2D eigenvalue weighted by atomic mass is 32.2. The van der Waals surface area contributed by atoms with Gasteiger partial charge in [-0.15, -0.1) is 0 Å². The van der Waals surface area contributed by atoms with Crippen LogP contribution in [0.3, 0.4) is 0 Å². The van der Waals surface area contributed by atoms with Crippen molar-refractivity contribution in [1.29, 1.82) is 0 Å². The molecule has 0 aliphatic carbocycles. The average Bonchev–Trinajstić information content (AvgIpc) is 2.71. The number of methoxy groups -OCH3 is 2. The molecule has 7 nitrogen and oxygen atoms in total. The number of carbonyl (C=O) groups excluding carboxylic acids is 1. The third-order valence-corrected chi connectivity index (χ3v) is 5.35. The van der Waals surface area contributed by atoms with Gasteiger partial charge in [-0.1, -0.05) is 30.4 Å². The number of allylic oxidation sites excluding steroid dienone is 1. The smallest absolute Gasteiger partial charge is 0.251 e. The summed E-state index contributed by atoms with van der Waals surface area (Å²) in [6.45, 7) is 2.06. The summed E-state index contributed by atoms with van der Waals surface area (Å²) in [5, 5.41) is 2.69. The first-order valence-electron chi connectivity index (χ1n) is 8.64. The van der Waals surface area contributed by atoms with Gasteiger partial charge in [-0.25, -0.2) is 13.1 Å². The number of nitrogens with one attached hydrogen (secondary N) is 2. The molecule has 0 saturated carbocycles. The highest BCUT2D eigenvalue weighted by Crippen LogP contribution is 2.33. The Morgan fingerprint density at radius 1 is 1.07 bits per heavy atom. The molecule has 0 aliphatic rings. The Morgan fingerprint density at radius 2 is 1.79 bits per heavy atom. The van der Waals surface area contributed by atoms with Gasteiger partial charge in [-0.05, 0) is 31.2 Å². The molecule has 28 heavy (non-hydrogen) atoms. The van der Waals surface area contributed by atoms with E-state index in [0.717, 1.165) is 0 Å². The van der Waals surface area contributed by atoms with Crippen LogP contribution in [0.25, 0.3) is 6.08 Å². The quantitative estimate of drug-likeness (QED) is 0.626. The van der Waals surface area contributed by atoms with Crippen LogP contribution in [0.15, 0.2) is 53.4 Å². The van der Waals surface area contributed by atoms with Gasteiger partial charge in [0.1, 0.15) is 0 Å². The van der Waals surface area contributed by atoms with Crippen LogP contribution in [-0.2, 0) is 10.0 Å². The van der Waals surface area contributed by atoms with Crippen molar-refractivity contribution in [3.05, 3.63) is 59.7 Å². The van der Waals surface area contributed by atoms with Crippen LogP contribution in [-0.4, -0.2) is 41.6 Å². The summed E-state index contributed by atoms with van der Waals surface area (Å²) in [6, 6.07) is 11.3. The predicted octanol–water partition coefficient (Wildman–Crippen LogP) is 2.45. The Morgan fingerprint density at radius 3 is 2.39 bits per heavy atom. The predicted molar refractivity (Wildman–Crippen MR) is 108 cm³/mol. The van der Waals surface area contributed by atoms with Gasteiger partial charge >= 0.3 is 0 Å². The maximum Gasteiger partial charge on any atom is 0.251 e. The van der Waals surface area contributed by atoms with Crippen molar-refractivity contribution < 1.29 is 22.7 Å². The van der Waals surface area contributed by atoms with Gasteiger partial charge < -0.3 is 14.8 Å². The maximum absolute atomic E-state index is 12.5. The Balaban J connectivity index is 2.02. The Hall–Kier alpha value is -2.84. The molecule has 2 N–H and O–H groups in total. The van der Waals surface area contributed by atoms with Gasteiger partial charge in [0.2, 0.25) is 10.0 Å². The summed E-state index contributed by atoms with van der Waals surface area (Å²) in [7, 11) is -0.575. The van der Waals surface area contributed by atoms with E-state index in [-0.39, 0.29) is 23.9 Å². The zero-order chi connectivity index (χ0) is 20.6. The normalized spacial score (nSPS) is 11.4. The molecule has 0 saturated heterocycles. The minimum Gasteiger partial charge on any atom is -0.493 e. The number of hydrogen-bond donors (Lipinski definition) is 2. The lowest BCUT2D eigenvalue weighted by atomic mass is 10.1. The van der Waals surface area contributed by atoms with Crippen molar-refractivity contribution in [3.8, 4) is 11.5 Å². The molecule has 150 valence electrons. The summed E-state index contributed by atoms with van der Waals surface area (Å²) >= 11 is 0. The van der Waals surface area contributed by atoms with Gasteiger partial charge in [-0.3, -0.25) is 4.79 Å². The van der Waals surface area contributed by atoms with E-state index < -0.39 is 10.0 Å². The first kappa shape index (κ1) is 21.5. The minimum absolute atomic E-state index is 0.0674. The van der Waals surface area contributed by atoms with Crippen molar-refractivity contribution in [1.82, 2.24) is 10.0 Å². The molecule has 2 rings (SSSR count). The molecular weight excluding hydrogens is 380 g/mol. The molecule has 0 bridgehead atoms. The number of carbonyl (C=O) groups is 1. The van der Waals surface area contributed by atoms with Crippen molar-refractivity contribution >= 4 is 22.0 Å². The minimum atomic E-state index is -3.60. The lowest BCUT2D eigenvalue weighted by molar-refractivity contribution is 0.0954. The molecule has 1 amide bonds. The molecule has 0 spiro atoms. The Bertz CT molecular complexity index is 941. The van der Waals surface area contributed by atoms with E-state index in [1.807, 2.05) is 19.1 Å². The first-order valence-corrected chi connectivity index (χ1v) is 10.1. The molecule has 2 aromatic carbocycles. The number of rotatable bonds is 9. The average molecular weight is 404 g/mol. The van der Waals surface area contributed by atoms with E-state index in [1.54, 1.807) is 30.3 Å². The topological polar surface area (TPSA) is 93.7 Å². The molecule has 0 radical (unpaired) electrons. The molecule has 0 fully saturated rings. The summed E-state index contributed by atoms with van der Waals surface area (Å²) < 4.78 is 37.4. The van der Waals surface area contributed by atoms with Crippen LogP contribution >= 0.6 is 0 Å². The van der Waals surface area contributed by atoms with Crippen molar-refractivity contribution in [2.75, 3.05) is 27.3 Å². The summed E-state index contributed by atoms with van der Waals surface area (Å²) in [6.07, 6.45) is 3.64. The number of amides is 1. The molecule has 0 atom stereocenters. The van der Waals surface area contributed by atoms with E-state index in [1.165, 1.54) is 26.4 Å². The third kappa shape index (κ3) is 5.34. The van der Waals surface area contributed by atoms with Crippen LogP contribution < -0.4 is 19.5 Å². The van der Waals surface area contributed by atoms with Crippen LogP contribution in [0.1, 0.15) is 22.8 Å². The van der Waals surface area contributed by atoms with Crippen molar-refractivity contribution in [3.63, 3.8) is 0 Å². The van der Waals surface area contributed by atoms with E-state index in [9.17, 15) is 13.2 Å². The molecule has 0 heterocycles. The zero-order valence-electron chi connectivity index (χ0n) is 16.1. The van der Waals surface area contributed by atoms with Gasteiger partial charge in [0, 0.05) is 24.2 Å². The number of sulfonamides is 1. The second-order valence-corrected chi connectivity index (χ2v) is 7.53. The second-order valence-electron chi connectivity index (χ2n) is 5.77. The molecule has 0 unspecified atom stereocenters. The monoisotopic (exact) mass is 404 g/mol. The van der Waals surface area contributed by atoms with Crippen molar-refractivity contribution in [2.45, 2.75) is 11.8 Å². The highest BCUT2D eigenvalue weighted by Gasteiger charge is 2.16. The van der Waals surface area contributed by atoms with E-state index in [4.69, 9.17) is 9.47 Å². The standard InChI is InChI=1S/C20H24N2O5S/c1-4-8-15-13-16(14-18(26-2)19(15)27-3)20(23)21-11-12-22-28(24,25)17-9-6-5-7-10-17/h4-10,13-14,22H,11-12H2,1-3H3,(H,21,23)/b8-4+. The largest absolute Gasteiger partial charge is 0.493 e. The van der Waals surface area contributed by atoms with Gasteiger partial charge in [0.05, 0.1) is 19.1 Å². The Kier molecular flexibility index (Phi) is 7.60. The first-order chi connectivity index (χ1) is 13.4. The third-order valence-electron chi connectivity index (χ3n) is 3.87. The van der Waals surface area contributed by atoms with Gasteiger partial charge in [0.25, 0.3) is 5.91 Å². The van der Waals surface area contributed by atoms with Crippen molar-refractivity contribution in [2.24, 2.45) is 0 Å². The lowest BCUT2D eigenvalue weighted by Crippen LogP contribution is -2.34. The number of hydrogen-bond acceptors (Lipinski definition) is 5. The SMILES string of the molecule is C/C=C/c1cc(C(=O)NCCNS(=O)(=O)c2ccccc2)cc(OC)c1OC. The Labute approximate surface area is 165 Å².